The Morgan fingerprint density at radius 1 is 1.32 bits per heavy atom. The maximum absolute atomic E-state index is 11.9. The molecule has 1 unspecified atom stereocenters. The van der Waals surface area contributed by atoms with Gasteiger partial charge in [0, 0.05) is 32.3 Å². The molecule has 1 fully saturated rings. The van der Waals surface area contributed by atoms with Crippen LogP contribution in [-0.2, 0) is 9.53 Å². The van der Waals surface area contributed by atoms with Gasteiger partial charge >= 0.3 is 0 Å². The molecule has 2 N–H and O–H groups in total. The minimum absolute atomic E-state index is 0.215. The van der Waals surface area contributed by atoms with Crippen LogP contribution in [0.5, 0.6) is 11.5 Å². The first-order valence-corrected chi connectivity index (χ1v) is 8.28. The van der Waals surface area contributed by atoms with E-state index in [0.717, 1.165) is 18.7 Å². The molecule has 0 saturated carbocycles. The summed E-state index contributed by atoms with van der Waals surface area (Å²) >= 11 is 0. The lowest BCUT2D eigenvalue weighted by molar-refractivity contribution is -0.117. The van der Waals surface area contributed by atoms with Gasteiger partial charge in [0.1, 0.15) is 0 Å². The number of nitrogens with zero attached hydrogens (tertiary/aromatic N) is 1. The molecule has 1 aliphatic rings. The average Bonchev–Trinajstić information content (AvgIpc) is 2.65. The number of methoxy groups -OCH3 is 2. The van der Waals surface area contributed by atoms with Crippen molar-refractivity contribution in [3.63, 3.8) is 0 Å². The molecule has 25 heavy (non-hydrogen) atoms. The molecule has 7 nitrogen and oxygen atoms in total. The van der Waals surface area contributed by atoms with Crippen molar-refractivity contribution in [1.29, 1.82) is 0 Å². The quantitative estimate of drug-likeness (QED) is 0.666. The predicted molar refractivity (Wildman–Crippen MR) is 94.9 cm³/mol. The Morgan fingerprint density at radius 2 is 2.04 bits per heavy atom. The van der Waals surface area contributed by atoms with Crippen LogP contribution < -0.4 is 14.8 Å². The summed E-state index contributed by atoms with van der Waals surface area (Å²) in [4.78, 5) is 14.0. The molecule has 0 bridgehead atoms. The maximum atomic E-state index is 11.9. The number of carbonyl (C=O) groups is 1. The minimum Gasteiger partial charge on any atom is -0.493 e. The van der Waals surface area contributed by atoms with E-state index in [4.69, 9.17) is 14.2 Å². The fraction of sp³-hybridized carbons (Fsp3) is 0.500. The normalized spacial score (nSPS) is 16.6. The highest BCUT2D eigenvalue weighted by molar-refractivity contribution is 5.91. The van der Waals surface area contributed by atoms with E-state index in [9.17, 15) is 9.90 Å². The second kappa shape index (κ2) is 10.0. The number of carbonyl (C=O) groups excluding carboxylic acids is 1. The summed E-state index contributed by atoms with van der Waals surface area (Å²) in [6, 6.07) is 5.40. The Hall–Kier alpha value is -2.09. The van der Waals surface area contributed by atoms with Crippen LogP contribution in [0.3, 0.4) is 0 Å². The van der Waals surface area contributed by atoms with Gasteiger partial charge in [0.15, 0.2) is 11.5 Å². The van der Waals surface area contributed by atoms with E-state index in [2.05, 4.69) is 10.2 Å². The molecule has 138 valence electrons. The average molecular weight is 350 g/mol. The lowest BCUT2D eigenvalue weighted by Crippen LogP contribution is -2.44. The molecule has 1 aromatic rings. The van der Waals surface area contributed by atoms with Gasteiger partial charge in [0.25, 0.3) is 0 Å². The highest BCUT2D eigenvalue weighted by Gasteiger charge is 2.15. The van der Waals surface area contributed by atoms with Crippen molar-refractivity contribution in [2.75, 3.05) is 53.6 Å². The second-order valence-electron chi connectivity index (χ2n) is 5.76. The molecule has 0 spiro atoms. The predicted octanol–water partition coefficient (Wildman–Crippen LogP) is 0.526. The lowest BCUT2D eigenvalue weighted by Gasteiger charge is -2.28. The summed E-state index contributed by atoms with van der Waals surface area (Å²) in [6.45, 7) is 3.74. The zero-order valence-electron chi connectivity index (χ0n) is 14.7. The summed E-state index contributed by atoms with van der Waals surface area (Å²) in [7, 11) is 3.14. The Bertz CT molecular complexity index is 585. The van der Waals surface area contributed by atoms with Gasteiger partial charge < -0.3 is 24.6 Å². The maximum Gasteiger partial charge on any atom is 0.244 e. The van der Waals surface area contributed by atoms with Gasteiger partial charge in [0.05, 0.1) is 33.5 Å². The van der Waals surface area contributed by atoms with Crippen LogP contribution in [0.25, 0.3) is 6.08 Å². The standard InChI is InChI=1S/C18H26N2O5/c1-23-16-5-3-14(11-17(16)24-2)4-6-18(22)19-12-15(21)13-20-7-9-25-10-8-20/h3-6,11,15,21H,7-10,12-13H2,1-2H3,(H,19,22). The van der Waals surface area contributed by atoms with Crippen LogP contribution >= 0.6 is 0 Å². The Morgan fingerprint density at radius 3 is 2.72 bits per heavy atom. The Kier molecular flexibility index (Phi) is 7.72. The first kappa shape index (κ1) is 19.2. The molecule has 0 aliphatic carbocycles. The van der Waals surface area contributed by atoms with E-state index < -0.39 is 6.10 Å². The highest BCUT2D eigenvalue weighted by Crippen LogP contribution is 2.27. The molecule has 0 aromatic heterocycles. The molecular weight excluding hydrogens is 324 g/mol. The number of β-amino-alcohol motifs (C(OH)–C–C–N with tert-alkyl or cyclic N) is 1. The third-order valence-electron chi connectivity index (χ3n) is 3.92. The van der Waals surface area contributed by atoms with Gasteiger partial charge in [-0.1, -0.05) is 6.07 Å². The molecule has 1 heterocycles. The number of ether oxygens (including phenoxy) is 3. The summed E-state index contributed by atoms with van der Waals surface area (Å²) in [5, 5.41) is 12.7. The molecule has 7 heteroatoms. The SMILES string of the molecule is COc1ccc(C=CC(=O)NCC(O)CN2CCOCC2)cc1OC. The molecular formula is C18H26N2O5. The summed E-state index contributed by atoms with van der Waals surface area (Å²) in [6.07, 6.45) is 2.52. The zero-order chi connectivity index (χ0) is 18.1. The molecule has 2 rings (SSSR count). The molecule has 1 atom stereocenters. The first-order chi connectivity index (χ1) is 12.1. The largest absolute Gasteiger partial charge is 0.493 e. The Balaban J connectivity index is 1.78. The van der Waals surface area contributed by atoms with Crippen LogP contribution in [0.15, 0.2) is 24.3 Å². The number of aliphatic hydroxyl groups is 1. The molecule has 1 aromatic carbocycles. The van der Waals surface area contributed by atoms with E-state index in [1.165, 1.54) is 6.08 Å². The van der Waals surface area contributed by atoms with E-state index >= 15 is 0 Å². The first-order valence-electron chi connectivity index (χ1n) is 8.28. The number of nitrogens with one attached hydrogen (secondary N) is 1. The van der Waals surface area contributed by atoms with Crippen LogP contribution in [0, 0.1) is 0 Å². The van der Waals surface area contributed by atoms with Crippen molar-refractivity contribution in [2.45, 2.75) is 6.10 Å². The molecule has 0 radical (unpaired) electrons. The monoisotopic (exact) mass is 350 g/mol. The minimum atomic E-state index is -0.600. The van der Waals surface area contributed by atoms with Gasteiger partial charge in [-0.25, -0.2) is 0 Å². The van der Waals surface area contributed by atoms with Gasteiger partial charge in [-0.05, 0) is 23.8 Å². The van der Waals surface area contributed by atoms with Gasteiger partial charge in [-0.3, -0.25) is 9.69 Å². The molecule has 1 saturated heterocycles. The van der Waals surface area contributed by atoms with Gasteiger partial charge in [-0.2, -0.15) is 0 Å². The van der Waals surface area contributed by atoms with Crippen LogP contribution in [-0.4, -0.2) is 75.6 Å². The highest BCUT2D eigenvalue weighted by atomic mass is 16.5. The lowest BCUT2D eigenvalue weighted by atomic mass is 10.2. The zero-order valence-corrected chi connectivity index (χ0v) is 14.7. The fourth-order valence-corrected chi connectivity index (χ4v) is 2.55. The Labute approximate surface area is 148 Å². The second-order valence-corrected chi connectivity index (χ2v) is 5.76. The third-order valence-corrected chi connectivity index (χ3v) is 3.92. The number of benzene rings is 1. The van der Waals surface area contributed by atoms with Crippen LogP contribution in [0.2, 0.25) is 0 Å². The van der Waals surface area contributed by atoms with E-state index in [-0.39, 0.29) is 12.5 Å². The number of hydrogen-bond acceptors (Lipinski definition) is 6. The van der Waals surface area contributed by atoms with Crippen molar-refractivity contribution in [2.24, 2.45) is 0 Å². The topological polar surface area (TPSA) is 80.3 Å². The molecule has 1 amide bonds. The van der Waals surface area contributed by atoms with E-state index in [1.54, 1.807) is 32.4 Å². The van der Waals surface area contributed by atoms with Gasteiger partial charge in [-0.15, -0.1) is 0 Å². The number of rotatable bonds is 8. The number of morpholine rings is 1. The van der Waals surface area contributed by atoms with Crippen molar-refractivity contribution >= 4 is 12.0 Å². The van der Waals surface area contributed by atoms with Crippen molar-refractivity contribution < 1.29 is 24.1 Å². The summed E-state index contributed by atoms with van der Waals surface area (Å²) < 4.78 is 15.7. The van der Waals surface area contributed by atoms with Crippen molar-refractivity contribution in [3.05, 3.63) is 29.8 Å². The van der Waals surface area contributed by atoms with Gasteiger partial charge in [0.2, 0.25) is 5.91 Å². The molecule has 1 aliphatic heterocycles. The van der Waals surface area contributed by atoms with Crippen molar-refractivity contribution in [3.8, 4) is 11.5 Å². The van der Waals surface area contributed by atoms with Crippen LogP contribution in [0.1, 0.15) is 5.56 Å². The third kappa shape index (κ3) is 6.38. The smallest absolute Gasteiger partial charge is 0.244 e. The van der Waals surface area contributed by atoms with Crippen molar-refractivity contribution in [1.82, 2.24) is 10.2 Å². The van der Waals surface area contributed by atoms with E-state index in [0.29, 0.717) is 31.3 Å². The number of aliphatic hydroxyl groups excluding tert-OH is 1. The van der Waals surface area contributed by atoms with E-state index in [1.807, 2.05) is 6.07 Å². The van der Waals surface area contributed by atoms with Crippen LogP contribution in [0.4, 0.5) is 0 Å². The number of hydrogen-bond donors (Lipinski definition) is 2. The number of amides is 1. The fourth-order valence-electron chi connectivity index (χ4n) is 2.55. The summed E-state index contributed by atoms with van der Waals surface area (Å²) in [5.41, 5.74) is 0.821. The summed E-state index contributed by atoms with van der Waals surface area (Å²) in [5.74, 6) is 0.983.